The van der Waals surface area contributed by atoms with Gasteiger partial charge in [-0.3, -0.25) is 0 Å². The molecule has 10 aromatic rings. The number of benzene rings is 10. The average Bonchev–Trinajstić information content (AvgIpc) is 3.15. The molecule has 0 atom stereocenters. The van der Waals surface area contributed by atoms with Crippen LogP contribution in [0.4, 0.5) is 0 Å². The van der Waals surface area contributed by atoms with Crippen molar-refractivity contribution in [3.05, 3.63) is 180 Å². The number of rotatable bonds is 2. The van der Waals surface area contributed by atoms with Crippen LogP contribution in [-0.2, 0) is 0 Å². The normalized spacial score (nSPS) is 11.6. The zero-order valence-corrected chi connectivity index (χ0v) is 28.1. The summed E-state index contributed by atoms with van der Waals surface area (Å²) in [5.74, 6) is 0. The molecule has 0 aliphatic heterocycles. The minimum absolute atomic E-state index is 1.27. The van der Waals surface area contributed by atoms with E-state index in [1.165, 1.54) is 104 Å². The average molecular weight is 625 g/mol. The van der Waals surface area contributed by atoms with E-state index in [9.17, 15) is 0 Å². The van der Waals surface area contributed by atoms with Gasteiger partial charge in [0.2, 0.25) is 0 Å². The van der Waals surface area contributed by atoms with Crippen molar-refractivity contribution < 1.29 is 0 Å². The number of hydrogen-bond donors (Lipinski definition) is 0. The smallest absolute Gasteiger partial charge is 0.00175 e. The molecule has 0 spiro atoms. The highest BCUT2D eigenvalue weighted by Gasteiger charge is 2.19. The van der Waals surface area contributed by atoms with Crippen molar-refractivity contribution in [2.75, 3.05) is 0 Å². The molecule has 0 amide bonds. The Balaban J connectivity index is 0.000000180. The van der Waals surface area contributed by atoms with Crippen LogP contribution >= 0.6 is 0 Å². The van der Waals surface area contributed by atoms with Crippen molar-refractivity contribution >= 4 is 64.6 Å². The Kier molecular flexibility index (Phi) is 6.92. The van der Waals surface area contributed by atoms with E-state index in [0.29, 0.717) is 0 Å². The molecule has 0 heterocycles. The maximum Gasteiger partial charge on any atom is -0.00175 e. The molecule has 232 valence electrons. The van der Waals surface area contributed by atoms with Crippen LogP contribution in [-0.4, -0.2) is 0 Å². The second kappa shape index (κ2) is 11.6. The maximum absolute atomic E-state index is 2.39. The molecule has 0 heteroatoms. The first-order chi connectivity index (χ1) is 24.1. The zero-order chi connectivity index (χ0) is 33.1. The summed E-state index contributed by atoms with van der Waals surface area (Å²) in [4.78, 5) is 0. The van der Waals surface area contributed by atoms with Gasteiger partial charge in [0.25, 0.3) is 0 Å². The highest BCUT2D eigenvalue weighted by Crippen LogP contribution is 2.46. The topological polar surface area (TPSA) is 0 Å². The van der Waals surface area contributed by atoms with Crippen LogP contribution in [0.3, 0.4) is 0 Å². The Labute approximate surface area is 287 Å². The van der Waals surface area contributed by atoms with Crippen LogP contribution in [0.1, 0.15) is 16.7 Å². The van der Waals surface area contributed by atoms with Crippen molar-refractivity contribution in [1.29, 1.82) is 0 Å². The number of hydrogen-bond acceptors (Lipinski definition) is 0. The van der Waals surface area contributed by atoms with Crippen molar-refractivity contribution in [1.82, 2.24) is 0 Å². The van der Waals surface area contributed by atoms with Crippen molar-refractivity contribution in [3.63, 3.8) is 0 Å². The van der Waals surface area contributed by atoms with Gasteiger partial charge in [0.1, 0.15) is 0 Å². The lowest BCUT2D eigenvalue weighted by Gasteiger charge is -2.21. The fourth-order valence-electron chi connectivity index (χ4n) is 8.14. The van der Waals surface area contributed by atoms with E-state index < -0.39 is 0 Å². The zero-order valence-electron chi connectivity index (χ0n) is 28.1. The van der Waals surface area contributed by atoms with Crippen LogP contribution < -0.4 is 0 Å². The van der Waals surface area contributed by atoms with Crippen LogP contribution in [0, 0.1) is 20.8 Å². The highest BCUT2D eigenvalue weighted by atomic mass is 14.2. The third kappa shape index (κ3) is 4.75. The summed E-state index contributed by atoms with van der Waals surface area (Å²) in [5, 5.41) is 16.0. The first kappa shape index (κ1) is 29.2. The molecule has 0 unspecified atom stereocenters. The van der Waals surface area contributed by atoms with E-state index in [2.05, 4.69) is 185 Å². The van der Waals surface area contributed by atoms with Crippen molar-refractivity contribution in [3.8, 4) is 22.3 Å². The molecule has 0 fully saturated rings. The molecule has 0 N–H and O–H groups in total. The minimum atomic E-state index is 1.27. The van der Waals surface area contributed by atoms with Gasteiger partial charge < -0.3 is 0 Å². The Morgan fingerprint density at radius 3 is 1.63 bits per heavy atom. The van der Waals surface area contributed by atoms with E-state index >= 15 is 0 Å². The second-order valence-electron chi connectivity index (χ2n) is 13.4. The predicted molar refractivity (Wildman–Crippen MR) is 214 cm³/mol. The minimum Gasteiger partial charge on any atom is -0.0620 e. The van der Waals surface area contributed by atoms with Gasteiger partial charge in [0.15, 0.2) is 0 Å². The quantitative estimate of drug-likeness (QED) is 0.133. The Hall–Kier alpha value is -5.98. The van der Waals surface area contributed by atoms with Gasteiger partial charge in [0, 0.05) is 0 Å². The molecular weight excluding hydrogens is 589 g/mol. The van der Waals surface area contributed by atoms with Gasteiger partial charge in [-0.05, 0) is 143 Å². The Bertz CT molecular complexity index is 2800. The summed E-state index contributed by atoms with van der Waals surface area (Å²) in [6.07, 6.45) is 0. The van der Waals surface area contributed by atoms with E-state index in [1.54, 1.807) is 0 Å². The monoisotopic (exact) mass is 624 g/mol. The van der Waals surface area contributed by atoms with E-state index in [1.807, 2.05) is 0 Å². The molecule has 10 aromatic carbocycles. The van der Waals surface area contributed by atoms with E-state index in [4.69, 9.17) is 0 Å². The summed E-state index contributed by atoms with van der Waals surface area (Å²) in [6.45, 7) is 6.71. The van der Waals surface area contributed by atoms with E-state index in [0.717, 1.165) is 0 Å². The maximum atomic E-state index is 2.39. The van der Waals surface area contributed by atoms with Crippen LogP contribution in [0.5, 0.6) is 0 Å². The largest absolute Gasteiger partial charge is 0.0620 e. The molecule has 0 aliphatic rings. The lowest BCUT2D eigenvalue weighted by atomic mass is 9.82. The molecule has 0 saturated heterocycles. The molecule has 0 nitrogen and oxygen atoms in total. The number of aryl methyl sites for hydroxylation is 3. The standard InChI is InChI=1S/C34H24.C15H12/c1-21-9-3-6-13-27(21)32-22(2)28-14-8-15-29-31(20-26-12-7-16-30(32)33(26)34(28)29)25-18-17-23-10-4-5-11-24(23)19-25;1-11-14-8-4-2-6-12(14)10-13-7-3-5-9-15(11)13/h3-20H,1-2H3;2-10H,1H3. The summed E-state index contributed by atoms with van der Waals surface area (Å²) in [7, 11) is 0. The fraction of sp³-hybridized carbons (Fsp3) is 0.0612. The second-order valence-corrected chi connectivity index (χ2v) is 13.4. The van der Waals surface area contributed by atoms with Gasteiger partial charge in [-0.2, -0.15) is 0 Å². The molecule has 0 aromatic heterocycles. The van der Waals surface area contributed by atoms with Crippen molar-refractivity contribution in [2.45, 2.75) is 20.8 Å². The molecule has 0 saturated carbocycles. The first-order valence-corrected chi connectivity index (χ1v) is 17.2. The fourth-order valence-corrected chi connectivity index (χ4v) is 8.14. The summed E-state index contributed by atoms with van der Waals surface area (Å²) in [6, 6.07) is 59.6. The summed E-state index contributed by atoms with van der Waals surface area (Å²) >= 11 is 0. The van der Waals surface area contributed by atoms with Crippen LogP contribution in [0.25, 0.3) is 86.9 Å². The Morgan fingerprint density at radius 2 is 0.878 bits per heavy atom. The summed E-state index contributed by atoms with van der Waals surface area (Å²) in [5.41, 5.74) is 9.32. The van der Waals surface area contributed by atoms with Crippen molar-refractivity contribution in [2.24, 2.45) is 0 Å². The van der Waals surface area contributed by atoms with Gasteiger partial charge >= 0.3 is 0 Å². The van der Waals surface area contributed by atoms with Gasteiger partial charge in [-0.25, -0.2) is 0 Å². The highest BCUT2D eigenvalue weighted by molar-refractivity contribution is 6.30. The summed E-state index contributed by atoms with van der Waals surface area (Å²) < 4.78 is 0. The van der Waals surface area contributed by atoms with E-state index in [-0.39, 0.29) is 0 Å². The third-order valence-electron chi connectivity index (χ3n) is 10.6. The van der Waals surface area contributed by atoms with Gasteiger partial charge in [-0.15, -0.1) is 0 Å². The molecule has 10 rings (SSSR count). The predicted octanol–water partition coefficient (Wildman–Crippen LogP) is 14.0. The van der Waals surface area contributed by atoms with Gasteiger partial charge in [-0.1, -0.05) is 146 Å². The first-order valence-electron chi connectivity index (χ1n) is 17.2. The SMILES string of the molecule is Cc1c2ccccc2cc2ccccc12.Cc1ccccc1-c1c(C)c2cccc3c(-c4ccc5ccccc5c4)cc4cccc1c4c32. The van der Waals surface area contributed by atoms with Crippen LogP contribution in [0.15, 0.2) is 164 Å². The molecular formula is C49H36. The Morgan fingerprint density at radius 1 is 0.306 bits per heavy atom. The van der Waals surface area contributed by atoms with Gasteiger partial charge in [0.05, 0.1) is 0 Å². The molecule has 0 radical (unpaired) electrons. The van der Waals surface area contributed by atoms with Crippen LogP contribution in [0.2, 0.25) is 0 Å². The molecule has 49 heavy (non-hydrogen) atoms. The molecule has 0 bridgehead atoms. The lowest BCUT2D eigenvalue weighted by Crippen LogP contribution is -1.95. The lowest BCUT2D eigenvalue weighted by molar-refractivity contribution is 1.44. The third-order valence-corrected chi connectivity index (χ3v) is 10.6. The number of fused-ring (bicyclic) bond motifs is 3. The molecule has 0 aliphatic carbocycles.